The number of hydrogen-bond acceptors (Lipinski definition) is 6. The molecule has 10 heteroatoms. The maximum absolute atomic E-state index is 11.8. The van der Waals surface area contributed by atoms with Crippen molar-refractivity contribution in [3.8, 4) is 0 Å². The minimum atomic E-state index is -0.295. The van der Waals surface area contributed by atoms with Crippen LogP contribution in [0, 0.1) is 0 Å². The smallest absolute Gasteiger partial charge is 0.249 e. The normalized spacial score (nSPS) is 11.0. The second-order valence-corrected chi connectivity index (χ2v) is 6.15. The van der Waals surface area contributed by atoms with Crippen LogP contribution < -0.4 is 5.32 Å². The third kappa shape index (κ3) is 5.12. The van der Waals surface area contributed by atoms with Crippen LogP contribution in [0.2, 0.25) is 10.0 Å². The number of hydrogen-bond donors (Lipinski definition) is 1. The lowest BCUT2D eigenvalue weighted by atomic mass is 10.2. The topological polar surface area (TPSA) is 81.4 Å². The van der Waals surface area contributed by atoms with Crippen molar-refractivity contribution in [2.24, 2.45) is 12.2 Å². The highest BCUT2D eigenvalue weighted by Crippen LogP contribution is 2.24. The van der Waals surface area contributed by atoms with E-state index in [1.807, 2.05) is 6.26 Å². The Morgan fingerprint density at radius 1 is 1.46 bits per heavy atom. The maximum atomic E-state index is 11.8. The van der Waals surface area contributed by atoms with E-state index in [1.54, 1.807) is 29.9 Å². The van der Waals surface area contributed by atoms with Crippen LogP contribution in [0.3, 0.4) is 0 Å². The molecule has 1 aromatic heterocycles. The van der Waals surface area contributed by atoms with Gasteiger partial charge in [-0.15, -0.1) is 5.10 Å². The summed E-state index contributed by atoms with van der Waals surface area (Å²) < 4.78 is 1.59. The molecule has 0 saturated heterocycles. The molecule has 0 aliphatic heterocycles. The van der Waals surface area contributed by atoms with Gasteiger partial charge in [0.2, 0.25) is 11.9 Å². The van der Waals surface area contributed by atoms with Gasteiger partial charge in [-0.25, -0.2) is 4.68 Å². The number of rotatable bonds is 7. The number of thioether (sulfide) groups is 1. The summed E-state index contributed by atoms with van der Waals surface area (Å²) in [6.07, 6.45) is 3.26. The standard InChI is InChI=1S/C14H15Cl2N5O2S/c1-21-14(24-2)19-13(20-21)18-12(22)6-7-17-23-8-9-10(15)4-3-5-11(9)16/h3-5,7H,6,8H2,1-2H3,(H,18,20,22)/b17-7+. The summed E-state index contributed by atoms with van der Waals surface area (Å²) in [6, 6.07) is 5.17. The molecule has 0 aliphatic rings. The van der Waals surface area contributed by atoms with Gasteiger partial charge in [0.25, 0.3) is 0 Å². The molecule has 0 saturated carbocycles. The Balaban J connectivity index is 1.78. The minimum Gasteiger partial charge on any atom is -0.391 e. The number of amides is 1. The van der Waals surface area contributed by atoms with Gasteiger partial charge in [-0.2, -0.15) is 4.98 Å². The predicted molar refractivity (Wildman–Crippen MR) is 95.8 cm³/mol. The summed E-state index contributed by atoms with van der Waals surface area (Å²) >= 11 is 13.5. The van der Waals surface area contributed by atoms with Crippen molar-refractivity contribution in [2.45, 2.75) is 18.2 Å². The third-order valence-electron chi connectivity index (χ3n) is 2.85. The SMILES string of the molecule is CSc1nc(NC(=O)C/C=N/OCc2c(Cl)cccc2Cl)nn1C. The highest BCUT2D eigenvalue weighted by atomic mass is 35.5. The van der Waals surface area contributed by atoms with Crippen molar-refractivity contribution in [3.63, 3.8) is 0 Å². The predicted octanol–water partition coefficient (Wildman–Crippen LogP) is 3.38. The zero-order chi connectivity index (χ0) is 17.5. The summed E-state index contributed by atoms with van der Waals surface area (Å²) in [7, 11) is 1.75. The van der Waals surface area contributed by atoms with Gasteiger partial charge in [-0.1, -0.05) is 46.2 Å². The van der Waals surface area contributed by atoms with E-state index in [-0.39, 0.29) is 24.9 Å². The fraction of sp³-hybridized carbons (Fsp3) is 0.286. The lowest BCUT2D eigenvalue weighted by molar-refractivity contribution is -0.115. The molecule has 24 heavy (non-hydrogen) atoms. The van der Waals surface area contributed by atoms with E-state index >= 15 is 0 Å². The van der Waals surface area contributed by atoms with Crippen LogP contribution in [-0.2, 0) is 23.3 Å². The van der Waals surface area contributed by atoms with Gasteiger partial charge in [0, 0.05) is 22.7 Å². The van der Waals surface area contributed by atoms with Crippen molar-refractivity contribution in [2.75, 3.05) is 11.6 Å². The van der Waals surface area contributed by atoms with Gasteiger partial charge < -0.3 is 4.84 Å². The number of benzene rings is 1. The first-order chi connectivity index (χ1) is 11.5. The Bertz CT molecular complexity index is 731. The lowest BCUT2D eigenvalue weighted by Gasteiger charge is -2.04. The first-order valence-corrected chi connectivity index (χ1v) is 8.81. The Labute approximate surface area is 153 Å². The molecule has 2 rings (SSSR count). The molecule has 2 aromatic rings. The highest BCUT2D eigenvalue weighted by molar-refractivity contribution is 7.98. The number of oxime groups is 1. The van der Waals surface area contributed by atoms with E-state index in [0.717, 1.165) is 0 Å². The number of anilines is 1. The zero-order valence-corrected chi connectivity index (χ0v) is 15.3. The molecular formula is C14H15Cl2N5O2S. The first-order valence-electron chi connectivity index (χ1n) is 6.82. The van der Waals surface area contributed by atoms with Crippen molar-refractivity contribution >= 4 is 53.0 Å². The lowest BCUT2D eigenvalue weighted by Crippen LogP contribution is -2.13. The van der Waals surface area contributed by atoms with E-state index in [0.29, 0.717) is 20.8 Å². The quantitative estimate of drug-likeness (QED) is 0.447. The number of aryl methyl sites for hydroxylation is 1. The van der Waals surface area contributed by atoms with Gasteiger partial charge in [0.15, 0.2) is 5.16 Å². The summed E-state index contributed by atoms with van der Waals surface area (Å²) in [6.45, 7) is 0.121. The number of nitrogens with one attached hydrogen (secondary N) is 1. The summed E-state index contributed by atoms with van der Waals surface area (Å²) in [4.78, 5) is 21.0. The number of halogens is 2. The van der Waals surface area contributed by atoms with Gasteiger partial charge >= 0.3 is 0 Å². The molecule has 0 atom stereocenters. The molecule has 1 amide bonds. The fourth-order valence-corrected chi connectivity index (χ4v) is 2.71. The number of carbonyl (C=O) groups excluding carboxylic acids is 1. The fourth-order valence-electron chi connectivity index (χ4n) is 1.72. The maximum Gasteiger partial charge on any atom is 0.249 e. The van der Waals surface area contributed by atoms with Crippen molar-refractivity contribution in [3.05, 3.63) is 33.8 Å². The van der Waals surface area contributed by atoms with Crippen LogP contribution in [0.5, 0.6) is 0 Å². The first kappa shape index (κ1) is 18.6. The average molecular weight is 388 g/mol. The second-order valence-electron chi connectivity index (χ2n) is 4.56. The van der Waals surface area contributed by atoms with Crippen LogP contribution in [0.1, 0.15) is 12.0 Å². The van der Waals surface area contributed by atoms with E-state index in [9.17, 15) is 4.79 Å². The molecule has 0 aliphatic carbocycles. The van der Waals surface area contributed by atoms with E-state index < -0.39 is 0 Å². The van der Waals surface area contributed by atoms with Crippen LogP contribution in [-0.4, -0.2) is 33.1 Å². The van der Waals surface area contributed by atoms with Gasteiger partial charge in [-0.05, 0) is 18.4 Å². The molecule has 0 bridgehead atoms. The second kappa shape index (κ2) is 8.91. The van der Waals surface area contributed by atoms with Crippen molar-refractivity contribution < 1.29 is 9.63 Å². The van der Waals surface area contributed by atoms with Gasteiger partial charge in [0.1, 0.15) is 6.61 Å². The summed E-state index contributed by atoms with van der Waals surface area (Å²) in [5.41, 5.74) is 0.643. The Morgan fingerprint density at radius 3 is 2.79 bits per heavy atom. The van der Waals surface area contributed by atoms with Crippen LogP contribution in [0.25, 0.3) is 0 Å². The van der Waals surface area contributed by atoms with Crippen molar-refractivity contribution in [1.29, 1.82) is 0 Å². The number of aromatic nitrogens is 3. The molecule has 128 valence electrons. The Morgan fingerprint density at radius 2 is 2.17 bits per heavy atom. The van der Waals surface area contributed by atoms with E-state index in [1.165, 1.54) is 18.0 Å². The number of nitrogens with zero attached hydrogens (tertiary/aromatic N) is 4. The molecule has 1 aromatic carbocycles. The molecular weight excluding hydrogens is 373 g/mol. The molecule has 0 fully saturated rings. The molecule has 0 spiro atoms. The summed E-state index contributed by atoms with van der Waals surface area (Å²) in [5, 5.41) is 12.1. The highest BCUT2D eigenvalue weighted by Gasteiger charge is 2.09. The van der Waals surface area contributed by atoms with Gasteiger partial charge in [-0.3, -0.25) is 10.1 Å². The Kier molecular flexibility index (Phi) is 6.89. The molecule has 0 radical (unpaired) electrons. The molecule has 1 N–H and O–H groups in total. The van der Waals surface area contributed by atoms with Gasteiger partial charge in [0.05, 0.1) is 12.6 Å². The Hall–Kier alpha value is -1.77. The molecule has 7 nitrogen and oxygen atoms in total. The van der Waals surface area contributed by atoms with Crippen LogP contribution in [0.4, 0.5) is 5.95 Å². The van der Waals surface area contributed by atoms with Crippen molar-refractivity contribution in [1.82, 2.24) is 14.8 Å². The van der Waals surface area contributed by atoms with E-state index in [4.69, 9.17) is 28.0 Å². The van der Waals surface area contributed by atoms with E-state index in [2.05, 4.69) is 20.6 Å². The average Bonchev–Trinajstić information content (AvgIpc) is 2.89. The molecule has 0 unspecified atom stereocenters. The zero-order valence-electron chi connectivity index (χ0n) is 13.0. The number of carbonyl (C=O) groups is 1. The minimum absolute atomic E-state index is 0.0309. The summed E-state index contributed by atoms with van der Waals surface area (Å²) in [5.74, 6) is -0.0413. The van der Waals surface area contributed by atoms with Crippen LogP contribution in [0.15, 0.2) is 28.5 Å². The largest absolute Gasteiger partial charge is 0.391 e. The van der Waals surface area contributed by atoms with Crippen LogP contribution >= 0.6 is 35.0 Å². The molecule has 1 heterocycles. The third-order valence-corrected chi connectivity index (χ3v) is 4.28. The monoisotopic (exact) mass is 387 g/mol.